The van der Waals surface area contributed by atoms with E-state index in [1.807, 2.05) is 0 Å². The number of carbonyl (C=O) groups is 1. The van der Waals surface area contributed by atoms with Gasteiger partial charge in [-0.1, -0.05) is 26.0 Å². The highest BCUT2D eigenvalue weighted by Gasteiger charge is 2.21. The van der Waals surface area contributed by atoms with E-state index in [4.69, 9.17) is 9.84 Å². The van der Waals surface area contributed by atoms with Crippen LogP contribution in [0.15, 0.2) is 24.3 Å². The molecule has 0 heterocycles. The Morgan fingerprint density at radius 2 is 1.90 bits per heavy atom. The molecule has 0 fully saturated rings. The third-order valence-electron chi connectivity index (χ3n) is 3.30. The Labute approximate surface area is 125 Å². The number of benzene rings is 1. The van der Waals surface area contributed by atoms with E-state index in [1.165, 1.54) is 0 Å². The molecule has 5 heteroatoms. The third-order valence-corrected chi connectivity index (χ3v) is 3.30. The number of carboxylic acids is 1. The summed E-state index contributed by atoms with van der Waals surface area (Å²) in [5, 5.41) is 22.6. The van der Waals surface area contributed by atoms with Crippen molar-refractivity contribution >= 4 is 5.97 Å². The van der Waals surface area contributed by atoms with Gasteiger partial charge in [-0.3, -0.25) is 4.79 Å². The van der Waals surface area contributed by atoms with Crippen LogP contribution in [0.2, 0.25) is 0 Å². The predicted molar refractivity (Wildman–Crippen MR) is 81.5 cm³/mol. The predicted octanol–water partition coefficient (Wildman–Crippen LogP) is 2.21. The van der Waals surface area contributed by atoms with Gasteiger partial charge in [0.15, 0.2) is 0 Å². The van der Waals surface area contributed by atoms with Gasteiger partial charge in [0.1, 0.15) is 5.75 Å². The number of aliphatic carboxylic acids is 1. The zero-order valence-electron chi connectivity index (χ0n) is 12.9. The summed E-state index contributed by atoms with van der Waals surface area (Å²) < 4.78 is 5.09. The van der Waals surface area contributed by atoms with Crippen molar-refractivity contribution < 1.29 is 19.7 Å². The molecule has 21 heavy (non-hydrogen) atoms. The van der Waals surface area contributed by atoms with Gasteiger partial charge in [-0.25, -0.2) is 0 Å². The molecule has 0 aliphatic rings. The van der Waals surface area contributed by atoms with Crippen LogP contribution >= 0.6 is 0 Å². The second-order valence-electron chi connectivity index (χ2n) is 5.56. The summed E-state index contributed by atoms with van der Waals surface area (Å²) in [6.07, 6.45) is -0.327. The smallest absolute Gasteiger partial charge is 0.303 e. The highest BCUT2D eigenvalue weighted by molar-refractivity contribution is 5.66. The molecular weight excluding hydrogens is 270 g/mol. The van der Waals surface area contributed by atoms with Gasteiger partial charge >= 0.3 is 5.97 Å². The molecule has 0 bridgehead atoms. The molecular formula is C16H25NO4. The number of aliphatic hydroxyl groups is 1. The van der Waals surface area contributed by atoms with Crippen LogP contribution in [0.5, 0.6) is 5.75 Å². The Kier molecular flexibility index (Phi) is 7.19. The molecule has 118 valence electrons. The van der Waals surface area contributed by atoms with Crippen molar-refractivity contribution in [3.05, 3.63) is 29.8 Å². The average molecular weight is 295 g/mol. The minimum absolute atomic E-state index is 0.0307. The molecule has 0 spiro atoms. The second kappa shape index (κ2) is 8.64. The van der Waals surface area contributed by atoms with Crippen molar-refractivity contribution in [2.75, 3.05) is 13.7 Å². The third kappa shape index (κ3) is 6.14. The summed E-state index contributed by atoms with van der Waals surface area (Å²) in [4.78, 5) is 10.8. The van der Waals surface area contributed by atoms with Crippen LogP contribution in [0.25, 0.3) is 0 Å². The number of aliphatic hydroxyl groups excluding tert-OH is 1. The minimum atomic E-state index is -0.853. The Morgan fingerprint density at radius 1 is 1.29 bits per heavy atom. The molecule has 0 radical (unpaired) electrons. The van der Waals surface area contributed by atoms with Crippen molar-refractivity contribution in [2.24, 2.45) is 5.92 Å². The van der Waals surface area contributed by atoms with Crippen LogP contribution in [0.1, 0.15) is 38.4 Å². The summed E-state index contributed by atoms with van der Waals surface area (Å²) in [5.41, 5.74) is 0.752. The quantitative estimate of drug-likeness (QED) is 0.651. The fraction of sp³-hybridized carbons (Fsp3) is 0.562. The zero-order chi connectivity index (χ0) is 15.8. The van der Waals surface area contributed by atoms with E-state index in [2.05, 4.69) is 19.2 Å². The summed E-state index contributed by atoms with van der Waals surface area (Å²) in [7, 11) is 1.59. The van der Waals surface area contributed by atoms with Crippen molar-refractivity contribution in [2.45, 2.75) is 38.8 Å². The van der Waals surface area contributed by atoms with Gasteiger partial charge in [0, 0.05) is 12.5 Å². The Hall–Kier alpha value is -1.59. The summed E-state index contributed by atoms with van der Waals surface area (Å²) in [5.74, 6) is 0.303. The molecule has 0 saturated heterocycles. The van der Waals surface area contributed by atoms with E-state index in [1.54, 1.807) is 31.4 Å². The molecule has 0 saturated carbocycles. The topological polar surface area (TPSA) is 78.8 Å². The van der Waals surface area contributed by atoms with Crippen molar-refractivity contribution in [1.82, 2.24) is 5.32 Å². The van der Waals surface area contributed by atoms with Gasteiger partial charge in [0.2, 0.25) is 0 Å². The molecule has 1 aromatic carbocycles. The van der Waals surface area contributed by atoms with Gasteiger partial charge in [-0.15, -0.1) is 0 Å². The van der Waals surface area contributed by atoms with Gasteiger partial charge in [-0.05, 0) is 36.6 Å². The first kappa shape index (κ1) is 17.5. The number of rotatable bonds is 9. The van der Waals surface area contributed by atoms with Gasteiger partial charge in [0.25, 0.3) is 0 Å². The van der Waals surface area contributed by atoms with E-state index in [9.17, 15) is 9.90 Å². The van der Waals surface area contributed by atoms with Crippen LogP contribution in [0.4, 0.5) is 0 Å². The number of hydrogen-bond acceptors (Lipinski definition) is 4. The number of carboxylic acid groups (broad SMARTS) is 1. The number of methoxy groups -OCH3 is 1. The van der Waals surface area contributed by atoms with Gasteiger partial charge in [-0.2, -0.15) is 0 Å². The first-order valence-electron chi connectivity index (χ1n) is 7.21. The standard InChI is InChI=1S/C16H25NO4/c1-11(2)10-17-14(8-9-15(18)19)16(20)12-4-6-13(21-3)7-5-12/h4-7,11,14,16-17,20H,8-10H2,1-3H3,(H,18,19). The van der Waals surface area contributed by atoms with Crippen LogP contribution in [0, 0.1) is 5.92 Å². The van der Waals surface area contributed by atoms with E-state index in [0.717, 1.165) is 17.9 Å². The monoisotopic (exact) mass is 295 g/mol. The van der Waals surface area contributed by atoms with Crippen molar-refractivity contribution in [3.8, 4) is 5.75 Å². The lowest BCUT2D eigenvalue weighted by molar-refractivity contribution is -0.137. The second-order valence-corrected chi connectivity index (χ2v) is 5.56. The lowest BCUT2D eigenvalue weighted by atomic mass is 9.97. The first-order valence-corrected chi connectivity index (χ1v) is 7.21. The minimum Gasteiger partial charge on any atom is -0.497 e. The van der Waals surface area contributed by atoms with E-state index in [0.29, 0.717) is 12.3 Å². The lowest BCUT2D eigenvalue weighted by Gasteiger charge is -2.25. The summed E-state index contributed by atoms with van der Waals surface area (Å²) in [6.45, 7) is 4.87. The lowest BCUT2D eigenvalue weighted by Crippen LogP contribution is -2.37. The average Bonchev–Trinajstić information content (AvgIpc) is 2.46. The van der Waals surface area contributed by atoms with Crippen LogP contribution in [-0.2, 0) is 4.79 Å². The molecule has 0 amide bonds. The normalized spacial score (nSPS) is 14.0. The van der Waals surface area contributed by atoms with E-state index in [-0.39, 0.29) is 12.5 Å². The Balaban J connectivity index is 2.75. The molecule has 2 unspecified atom stereocenters. The molecule has 1 rings (SSSR count). The van der Waals surface area contributed by atoms with Crippen LogP contribution in [-0.4, -0.2) is 35.9 Å². The largest absolute Gasteiger partial charge is 0.497 e. The summed E-state index contributed by atoms with van der Waals surface area (Å²) in [6, 6.07) is 6.89. The van der Waals surface area contributed by atoms with E-state index < -0.39 is 12.1 Å². The summed E-state index contributed by atoms with van der Waals surface area (Å²) >= 11 is 0. The number of nitrogens with one attached hydrogen (secondary N) is 1. The maximum absolute atomic E-state index is 10.8. The highest BCUT2D eigenvalue weighted by Crippen LogP contribution is 2.22. The Morgan fingerprint density at radius 3 is 2.38 bits per heavy atom. The molecule has 5 nitrogen and oxygen atoms in total. The first-order chi connectivity index (χ1) is 9.93. The van der Waals surface area contributed by atoms with Gasteiger partial charge in [0.05, 0.1) is 13.2 Å². The SMILES string of the molecule is COc1ccc(C(O)C(CCC(=O)O)NCC(C)C)cc1. The molecule has 2 atom stereocenters. The van der Waals surface area contributed by atoms with Crippen LogP contribution in [0.3, 0.4) is 0 Å². The molecule has 0 aromatic heterocycles. The Bertz CT molecular complexity index is 430. The van der Waals surface area contributed by atoms with Crippen LogP contribution < -0.4 is 10.1 Å². The zero-order valence-corrected chi connectivity index (χ0v) is 12.9. The molecule has 1 aromatic rings. The highest BCUT2D eigenvalue weighted by atomic mass is 16.5. The van der Waals surface area contributed by atoms with E-state index >= 15 is 0 Å². The number of ether oxygens (including phenoxy) is 1. The van der Waals surface area contributed by atoms with Crippen molar-refractivity contribution in [1.29, 1.82) is 0 Å². The van der Waals surface area contributed by atoms with Crippen molar-refractivity contribution in [3.63, 3.8) is 0 Å². The molecule has 0 aliphatic heterocycles. The maximum Gasteiger partial charge on any atom is 0.303 e. The fourth-order valence-corrected chi connectivity index (χ4v) is 2.07. The number of hydrogen-bond donors (Lipinski definition) is 3. The molecule has 3 N–H and O–H groups in total. The fourth-order valence-electron chi connectivity index (χ4n) is 2.07. The maximum atomic E-state index is 10.8. The van der Waals surface area contributed by atoms with Gasteiger partial charge < -0.3 is 20.3 Å². The molecule has 0 aliphatic carbocycles.